The molecule has 0 fully saturated rings. The molecule has 3 rings (SSSR count). The SMILES string of the molecule is CC(C)c1cc(C(=O)NCCc2nc3c(s2)CCCC3)nc(N)n1. The van der Waals surface area contributed by atoms with Gasteiger partial charge in [0.25, 0.3) is 5.91 Å². The normalized spacial score (nSPS) is 13.8. The number of fused-ring (bicyclic) bond motifs is 1. The lowest BCUT2D eigenvalue weighted by Crippen LogP contribution is -2.27. The number of amides is 1. The highest BCUT2D eigenvalue weighted by Gasteiger charge is 2.16. The van der Waals surface area contributed by atoms with Gasteiger partial charge < -0.3 is 11.1 Å². The molecule has 0 aromatic carbocycles. The Morgan fingerprint density at radius 2 is 2.08 bits per heavy atom. The van der Waals surface area contributed by atoms with E-state index < -0.39 is 0 Å². The Balaban J connectivity index is 1.58. The Morgan fingerprint density at radius 1 is 1.29 bits per heavy atom. The Morgan fingerprint density at radius 3 is 2.83 bits per heavy atom. The number of anilines is 1. The molecular weight excluding hydrogens is 322 g/mol. The van der Waals surface area contributed by atoms with Crippen LogP contribution in [0.5, 0.6) is 0 Å². The number of nitrogens with zero attached hydrogens (tertiary/aromatic N) is 3. The van der Waals surface area contributed by atoms with Gasteiger partial charge in [-0.2, -0.15) is 0 Å². The Hall–Kier alpha value is -2.02. The van der Waals surface area contributed by atoms with Gasteiger partial charge in [0.1, 0.15) is 5.69 Å². The van der Waals surface area contributed by atoms with Crippen LogP contribution in [0.2, 0.25) is 0 Å². The zero-order valence-electron chi connectivity index (χ0n) is 14.1. The van der Waals surface area contributed by atoms with E-state index in [1.807, 2.05) is 13.8 Å². The average Bonchev–Trinajstić information content (AvgIpc) is 2.96. The first kappa shape index (κ1) is 16.8. The number of nitrogens with one attached hydrogen (secondary N) is 1. The number of aryl methyl sites for hydroxylation is 2. The van der Waals surface area contributed by atoms with Crippen LogP contribution in [0.4, 0.5) is 5.95 Å². The van der Waals surface area contributed by atoms with Crippen molar-refractivity contribution in [3.63, 3.8) is 0 Å². The van der Waals surface area contributed by atoms with E-state index in [-0.39, 0.29) is 17.8 Å². The van der Waals surface area contributed by atoms with Crippen LogP contribution in [0.1, 0.15) is 64.4 Å². The lowest BCUT2D eigenvalue weighted by atomic mass is 10.0. The second kappa shape index (κ2) is 7.25. The van der Waals surface area contributed by atoms with Crippen molar-refractivity contribution in [1.82, 2.24) is 20.3 Å². The molecule has 0 spiro atoms. The molecule has 1 aliphatic rings. The van der Waals surface area contributed by atoms with Gasteiger partial charge in [-0.15, -0.1) is 11.3 Å². The maximum atomic E-state index is 12.3. The molecule has 0 aliphatic heterocycles. The van der Waals surface area contributed by atoms with E-state index in [1.54, 1.807) is 17.4 Å². The Bertz CT molecular complexity index is 717. The van der Waals surface area contributed by atoms with E-state index in [0.717, 1.165) is 30.0 Å². The number of aromatic nitrogens is 3. The first-order valence-electron chi connectivity index (χ1n) is 8.43. The molecule has 0 unspecified atom stereocenters. The molecule has 2 aromatic heterocycles. The van der Waals surface area contributed by atoms with Crippen molar-refractivity contribution >= 4 is 23.2 Å². The summed E-state index contributed by atoms with van der Waals surface area (Å²) in [6, 6.07) is 1.71. The molecular formula is C17H23N5OS. The van der Waals surface area contributed by atoms with Gasteiger partial charge in [-0.3, -0.25) is 4.79 Å². The topological polar surface area (TPSA) is 93.8 Å². The summed E-state index contributed by atoms with van der Waals surface area (Å²) >= 11 is 1.78. The highest BCUT2D eigenvalue weighted by molar-refractivity contribution is 7.11. The molecule has 2 aromatic rings. The third-order valence-corrected chi connectivity index (χ3v) is 5.32. The fraction of sp³-hybridized carbons (Fsp3) is 0.529. The molecule has 0 atom stereocenters. The molecule has 2 heterocycles. The second-order valence-electron chi connectivity index (χ2n) is 6.38. The predicted molar refractivity (Wildman–Crippen MR) is 95.3 cm³/mol. The molecule has 0 saturated heterocycles. The molecule has 3 N–H and O–H groups in total. The van der Waals surface area contributed by atoms with Gasteiger partial charge in [0, 0.05) is 23.5 Å². The molecule has 0 bridgehead atoms. The number of nitrogens with two attached hydrogens (primary N) is 1. The van der Waals surface area contributed by atoms with Crippen molar-refractivity contribution in [3.05, 3.63) is 33.0 Å². The summed E-state index contributed by atoms with van der Waals surface area (Å²) < 4.78 is 0. The van der Waals surface area contributed by atoms with Crippen molar-refractivity contribution in [2.75, 3.05) is 12.3 Å². The fourth-order valence-corrected chi connectivity index (χ4v) is 3.94. The zero-order chi connectivity index (χ0) is 17.1. The van der Waals surface area contributed by atoms with Crippen molar-refractivity contribution in [2.24, 2.45) is 0 Å². The van der Waals surface area contributed by atoms with Gasteiger partial charge in [-0.25, -0.2) is 15.0 Å². The number of thiazole rings is 1. The summed E-state index contributed by atoms with van der Waals surface area (Å²) in [5.41, 5.74) is 8.06. The van der Waals surface area contributed by atoms with Crippen LogP contribution < -0.4 is 11.1 Å². The van der Waals surface area contributed by atoms with E-state index in [0.29, 0.717) is 12.2 Å². The van der Waals surface area contributed by atoms with Gasteiger partial charge in [0.2, 0.25) is 5.95 Å². The summed E-state index contributed by atoms with van der Waals surface area (Å²) in [5.74, 6) is 0.120. The molecule has 1 amide bonds. The van der Waals surface area contributed by atoms with Crippen LogP contribution in [-0.2, 0) is 19.3 Å². The largest absolute Gasteiger partial charge is 0.368 e. The number of hydrogen-bond donors (Lipinski definition) is 2. The van der Waals surface area contributed by atoms with Gasteiger partial charge in [-0.05, 0) is 37.7 Å². The van der Waals surface area contributed by atoms with Crippen LogP contribution in [0, 0.1) is 0 Å². The van der Waals surface area contributed by atoms with Gasteiger partial charge in [0.05, 0.1) is 10.7 Å². The highest BCUT2D eigenvalue weighted by Crippen LogP contribution is 2.26. The average molecular weight is 345 g/mol. The molecule has 0 saturated carbocycles. The molecule has 128 valence electrons. The third kappa shape index (κ3) is 3.90. The standard InChI is InChI=1S/C17H23N5OS/c1-10(2)12-9-13(22-17(18)21-12)16(23)19-8-7-15-20-11-5-3-4-6-14(11)24-15/h9-10H,3-8H2,1-2H3,(H,19,23)(H2,18,21,22). The van der Waals surface area contributed by atoms with Crippen LogP contribution in [0.3, 0.4) is 0 Å². The van der Waals surface area contributed by atoms with Gasteiger partial charge >= 0.3 is 0 Å². The zero-order valence-corrected chi connectivity index (χ0v) is 14.9. The summed E-state index contributed by atoms with van der Waals surface area (Å²) in [7, 11) is 0. The Kier molecular flexibility index (Phi) is 5.08. The molecule has 0 radical (unpaired) electrons. The third-order valence-electron chi connectivity index (χ3n) is 4.10. The van der Waals surface area contributed by atoms with Crippen molar-refractivity contribution < 1.29 is 4.79 Å². The van der Waals surface area contributed by atoms with Crippen LogP contribution in [-0.4, -0.2) is 27.4 Å². The monoisotopic (exact) mass is 345 g/mol. The van der Waals surface area contributed by atoms with Crippen LogP contribution in [0.15, 0.2) is 6.07 Å². The van der Waals surface area contributed by atoms with Crippen LogP contribution >= 0.6 is 11.3 Å². The summed E-state index contributed by atoms with van der Waals surface area (Å²) in [6.45, 7) is 4.56. The van der Waals surface area contributed by atoms with Crippen LogP contribution in [0.25, 0.3) is 0 Å². The minimum Gasteiger partial charge on any atom is -0.368 e. The quantitative estimate of drug-likeness (QED) is 0.868. The maximum Gasteiger partial charge on any atom is 0.270 e. The van der Waals surface area contributed by atoms with Gasteiger partial charge in [-0.1, -0.05) is 13.8 Å². The van der Waals surface area contributed by atoms with E-state index in [4.69, 9.17) is 10.7 Å². The van der Waals surface area contributed by atoms with Gasteiger partial charge in [0.15, 0.2) is 0 Å². The maximum absolute atomic E-state index is 12.3. The first-order valence-corrected chi connectivity index (χ1v) is 9.24. The van der Waals surface area contributed by atoms with E-state index in [9.17, 15) is 4.79 Å². The summed E-state index contributed by atoms with van der Waals surface area (Å²) in [4.78, 5) is 26.6. The number of carbonyl (C=O) groups excluding carboxylic acids is 1. The highest BCUT2D eigenvalue weighted by atomic mass is 32.1. The lowest BCUT2D eigenvalue weighted by Gasteiger charge is -2.08. The molecule has 6 nitrogen and oxygen atoms in total. The van der Waals surface area contributed by atoms with E-state index in [1.165, 1.54) is 23.4 Å². The van der Waals surface area contributed by atoms with E-state index in [2.05, 4.69) is 15.3 Å². The van der Waals surface area contributed by atoms with Crippen molar-refractivity contribution in [2.45, 2.75) is 51.9 Å². The number of hydrogen-bond acceptors (Lipinski definition) is 6. The first-order chi connectivity index (χ1) is 11.5. The Labute approximate surface area is 145 Å². The van der Waals surface area contributed by atoms with Crippen molar-refractivity contribution in [3.8, 4) is 0 Å². The number of nitrogen functional groups attached to an aromatic ring is 1. The van der Waals surface area contributed by atoms with E-state index >= 15 is 0 Å². The minimum atomic E-state index is -0.215. The smallest absolute Gasteiger partial charge is 0.270 e. The molecule has 24 heavy (non-hydrogen) atoms. The summed E-state index contributed by atoms with van der Waals surface area (Å²) in [5, 5.41) is 4.01. The number of carbonyl (C=O) groups is 1. The minimum absolute atomic E-state index is 0.138. The fourth-order valence-electron chi connectivity index (χ4n) is 2.78. The summed E-state index contributed by atoms with van der Waals surface area (Å²) in [6.07, 6.45) is 5.49. The second-order valence-corrected chi connectivity index (χ2v) is 7.55. The predicted octanol–water partition coefficient (Wildman–Crippen LogP) is 2.49. The molecule has 1 aliphatic carbocycles. The molecule has 7 heteroatoms. The lowest BCUT2D eigenvalue weighted by molar-refractivity contribution is 0.0949. The van der Waals surface area contributed by atoms with Crippen molar-refractivity contribution in [1.29, 1.82) is 0 Å². The number of rotatable bonds is 5.